The topological polar surface area (TPSA) is 69.0 Å². The van der Waals surface area contributed by atoms with E-state index in [4.69, 9.17) is 9.72 Å². The van der Waals surface area contributed by atoms with Crippen molar-refractivity contribution in [1.82, 2.24) is 19.9 Å². The number of nitrogens with zero attached hydrogens (tertiary/aromatic N) is 3. The summed E-state index contributed by atoms with van der Waals surface area (Å²) in [6, 6.07) is 26.2. The summed E-state index contributed by atoms with van der Waals surface area (Å²) in [5.74, 6) is 1.85. The molecule has 6 heteroatoms. The van der Waals surface area contributed by atoms with Crippen molar-refractivity contribution in [1.29, 1.82) is 0 Å². The third-order valence-corrected chi connectivity index (χ3v) is 6.05. The highest BCUT2D eigenvalue weighted by molar-refractivity contribution is 5.93. The van der Waals surface area contributed by atoms with Gasteiger partial charge in [0.1, 0.15) is 11.6 Å². The third-order valence-electron chi connectivity index (χ3n) is 6.05. The summed E-state index contributed by atoms with van der Waals surface area (Å²) in [6.07, 6.45) is 5.70. The maximum absolute atomic E-state index is 12.3. The maximum atomic E-state index is 12.3. The average Bonchev–Trinajstić information content (AvgIpc) is 3.26. The van der Waals surface area contributed by atoms with Crippen molar-refractivity contribution in [2.45, 2.75) is 25.8 Å². The zero-order valence-corrected chi connectivity index (χ0v) is 19.6. The highest BCUT2D eigenvalue weighted by Gasteiger charge is 2.11. The molecule has 0 radical (unpaired) electrons. The van der Waals surface area contributed by atoms with Gasteiger partial charge in [0.05, 0.1) is 23.2 Å². The molecule has 0 saturated heterocycles. The molecular formula is C29H28N4O2. The number of rotatable bonds is 10. The fourth-order valence-corrected chi connectivity index (χ4v) is 4.34. The molecule has 3 aromatic carbocycles. The number of nitrogens with one attached hydrogen (secondary N) is 1. The Labute approximate surface area is 204 Å². The Bertz CT molecular complexity index is 1420. The van der Waals surface area contributed by atoms with Crippen LogP contribution in [0.1, 0.15) is 29.0 Å². The second-order valence-corrected chi connectivity index (χ2v) is 8.45. The monoisotopic (exact) mass is 464 g/mol. The number of hydrogen-bond donors (Lipinski definition) is 1. The van der Waals surface area contributed by atoms with E-state index in [1.807, 2.05) is 42.5 Å². The predicted octanol–water partition coefficient (Wildman–Crippen LogP) is 5.42. The number of ether oxygens (including phenoxy) is 1. The first-order valence-corrected chi connectivity index (χ1v) is 12.0. The van der Waals surface area contributed by atoms with E-state index < -0.39 is 0 Å². The normalized spacial score (nSPS) is 11.1. The molecule has 1 amide bonds. The van der Waals surface area contributed by atoms with Gasteiger partial charge >= 0.3 is 0 Å². The summed E-state index contributed by atoms with van der Waals surface area (Å²) in [4.78, 5) is 21.1. The fraction of sp³-hybridized carbons (Fsp3) is 0.207. The highest BCUT2D eigenvalue weighted by Crippen LogP contribution is 2.25. The van der Waals surface area contributed by atoms with E-state index in [9.17, 15) is 4.79 Å². The Balaban J connectivity index is 1.19. The number of pyridine rings is 1. The van der Waals surface area contributed by atoms with E-state index in [-0.39, 0.29) is 5.91 Å². The number of benzene rings is 3. The van der Waals surface area contributed by atoms with Crippen molar-refractivity contribution in [2.24, 2.45) is 0 Å². The van der Waals surface area contributed by atoms with E-state index in [0.29, 0.717) is 18.7 Å². The van der Waals surface area contributed by atoms with Gasteiger partial charge < -0.3 is 14.6 Å². The van der Waals surface area contributed by atoms with E-state index >= 15 is 0 Å². The lowest BCUT2D eigenvalue weighted by atomic mass is 10.1. The van der Waals surface area contributed by atoms with Gasteiger partial charge in [-0.25, -0.2) is 4.98 Å². The summed E-state index contributed by atoms with van der Waals surface area (Å²) < 4.78 is 8.43. The van der Waals surface area contributed by atoms with Crippen LogP contribution < -0.4 is 10.1 Å². The molecule has 2 aromatic heterocycles. The third kappa shape index (κ3) is 5.32. The molecule has 0 aliphatic heterocycles. The van der Waals surface area contributed by atoms with Crippen molar-refractivity contribution < 1.29 is 9.53 Å². The number of aromatic nitrogens is 3. The summed E-state index contributed by atoms with van der Waals surface area (Å²) >= 11 is 0. The lowest BCUT2D eigenvalue weighted by Gasteiger charge is -2.12. The van der Waals surface area contributed by atoms with E-state index in [0.717, 1.165) is 53.8 Å². The SMILES string of the molecule is O=C(NCCCc1nc2ccccc2n1CCCOc1cccc2ccccc12)c1cccnc1. The van der Waals surface area contributed by atoms with Crippen molar-refractivity contribution in [2.75, 3.05) is 13.2 Å². The molecule has 0 saturated carbocycles. The molecule has 35 heavy (non-hydrogen) atoms. The molecular weight excluding hydrogens is 436 g/mol. The van der Waals surface area contributed by atoms with Crippen LogP contribution in [0.15, 0.2) is 91.3 Å². The number of para-hydroxylation sites is 2. The molecule has 2 heterocycles. The van der Waals surface area contributed by atoms with Crippen molar-refractivity contribution in [3.8, 4) is 5.75 Å². The summed E-state index contributed by atoms with van der Waals surface area (Å²) in [5, 5.41) is 5.29. The van der Waals surface area contributed by atoms with E-state index in [2.05, 4.69) is 39.1 Å². The van der Waals surface area contributed by atoms with Crippen LogP contribution in [-0.4, -0.2) is 33.6 Å². The fourth-order valence-electron chi connectivity index (χ4n) is 4.34. The maximum Gasteiger partial charge on any atom is 0.252 e. The number of imidazole rings is 1. The van der Waals surface area contributed by atoms with Gasteiger partial charge in [-0.3, -0.25) is 9.78 Å². The minimum atomic E-state index is -0.0998. The minimum Gasteiger partial charge on any atom is -0.493 e. The summed E-state index contributed by atoms with van der Waals surface area (Å²) in [7, 11) is 0. The molecule has 0 aliphatic rings. The number of carbonyl (C=O) groups is 1. The number of carbonyl (C=O) groups excluding carboxylic acids is 1. The van der Waals surface area contributed by atoms with Gasteiger partial charge in [-0.05, 0) is 48.6 Å². The molecule has 0 spiro atoms. The molecule has 0 unspecified atom stereocenters. The van der Waals surface area contributed by atoms with Gasteiger partial charge in [0.2, 0.25) is 0 Å². The largest absolute Gasteiger partial charge is 0.493 e. The Kier molecular flexibility index (Phi) is 6.99. The van der Waals surface area contributed by atoms with Crippen molar-refractivity contribution in [3.63, 3.8) is 0 Å². The van der Waals surface area contributed by atoms with Crippen LogP contribution >= 0.6 is 0 Å². The molecule has 1 N–H and O–H groups in total. The average molecular weight is 465 g/mol. The molecule has 0 fully saturated rings. The molecule has 6 nitrogen and oxygen atoms in total. The Morgan fingerprint density at radius 3 is 2.69 bits per heavy atom. The summed E-state index contributed by atoms with van der Waals surface area (Å²) in [5.41, 5.74) is 2.70. The van der Waals surface area contributed by atoms with Gasteiger partial charge in [-0.2, -0.15) is 0 Å². The van der Waals surface area contributed by atoms with Crippen molar-refractivity contribution in [3.05, 3.63) is 103 Å². The smallest absolute Gasteiger partial charge is 0.252 e. The van der Waals surface area contributed by atoms with Crippen LogP contribution in [0.2, 0.25) is 0 Å². The first-order valence-electron chi connectivity index (χ1n) is 12.0. The van der Waals surface area contributed by atoms with Gasteiger partial charge in [0.15, 0.2) is 0 Å². The lowest BCUT2D eigenvalue weighted by Crippen LogP contribution is -2.25. The Morgan fingerprint density at radius 1 is 0.914 bits per heavy atom. The quantitative estimate of drug-likeness (QED) is 0.280. The van der Waals surface area contributed by atoms with Crippen LogP contribution in [0.25, 0.3) is 21.8 Å². The minimum absolute atomic E-state index is 0.0998. The Hall–Kier alpha value is -4.19. The number of amides is 1. The van der Waals surface area contributed by atoms with Gasteiger partial charge in [0.25, 0.3) is 5.91 Å². The lowest BCUT2D eigenvalue weighted by molar-refractivity contribution is 0.0952. The van der Waals surface area contributed by atoms with Gasteiger partial charge in [-0.15, -0.1) is 0 Å². The Morgan fingerprint density at radius 2 is 1.77 bits per heavy atom. The predicted molar refractivity (Wildman–Crippen MR) is 139 cm³/mol. The first-order chi connectivity index (χ1) is 17.3. The molecule has 0 aliphatic carbocycles. The number of hydrogen-bond acceptors (Lipinski definition) is 4. The molecule has 0 atom stereocenters. The zero-order valence-electron chi connectivity index (χ0n) is 19.6. The van der Waals surface area contributed by atoms with Crippen LogP contribution in [0, 0.1) is 0 Å². The van der Waals surface area contributed by atoms with Gasteiger partial charge in [0, 0.05) is 37.3 Å². The van der Waals surface area contributed by atoms with Crippen LogP contribution in [0.3, 0.4) is 0 Å². The number of aryl methyl sites for hydroxylation is 2. The number of fused-ring (bicyclic) bond motifs is 2. The zero-order chi connectivity index (χ0) is 23.9. The second kappa shape index (κ2) is 10.8. The van der Waals surface area contributed by atoms with Crippen LogP contribution in [0.4, 0.5) is 0 Å². The second-order valence-electron chi connectivity index (χ2n) is 8.45. The van der Waals surface area contributed by atoms with E-state index in [1.54, 1.807) is 24.5 Å². The summed E-state index contributed by atoms with van der Waals surface area (Å²) in [6.45, 7) is 2.03. The van der Waals surface area contributed by atoms with Crippen LogP contribution in [0.5, 0.6) is 5.75 Å². The molecule has 0 bridgehead atoms. The first kappa shape index (κ1) is 22.6. The van der Waals surface area contributed by atoms with Crippen molar-refractivity contribution >= 4 is 27.7 Å². The molecule has 5 rings (SSSR count). The molecule has 5 aromatic rings. The van der Waals surface area contributed by atoms with Crippen LogP contribution in [-0.2, 0) is 13.0 Å². The van der Waals surface area contributed by atoms with Gasteiger partial charge in [-0.1, -0.05) is 48.5 Å². The highest BCUT2D eigenvalue weighted by atomic mass is 16.5. The molecule has 176 valence electrons. The van der Waals surface area contributed by atoms with E-state index in [1.165, 1.54) is 5.39 Å². The standard InChI is InChI=1S/C29H28N4O2/c34-29(23-11-6-17-30-21-23)31-18-7-16-28-32-25-13-3-4-14-26(25)33(28)19-8-20-35-27-15-5-10-22-9-1-2-12-24(22)27/h1-6,9-15,17,21H,7-8,16,18-20H2,(H,31,34).